The SMILES string of the molecule is Cc1cccc(C(=O)N[C@H]2CCCC[C@@H]2O)c1. The van der Waals surface area contributed by atoms with E-state index in [0.717, 1.165) is 31.2 Å². The lowest BCUT2D eigenvalue weighted by molar-refractivity contribution is 0.0717. The molecule has 1 aromatic rings. The van der Waals surface area contributed by atoms with Crippen LogP contribution in [0.5, 0.6) is 0 Å². The maximum atomic E-state index is 12.0. The van der Waals surface area contributed by atoms with Crippen LogP contribution in [-0.2, 0) is 0 Å². The first-order valence-corrected chi connectivity index (χ1v) is 6.22. The molecule has 1 saturated carbocycles. The number of hydrogen-bond acceptors (Lipinski definition) is 2. The van der Waals surface area contributed by atoms with E-state index in [1.807, 2.05) is 25.1 Å². The molecule has 0 aromatic heterocycles. The first kappa shape index (κ1) is 12.1. The fourth-order valence-electron chi connectivity index (χ4n) is 2.32. The van der Waals surface area contributed by atoms with Gasteiger partial charge in [-0.05, 0) is 31.9 Å². The average Bonchev–Trinajstić information content (AvgIpc) is 2.32. The number of carbonyl (C=O) groups is 1. The van der Waals surface area contributed by atoms with Gasteiger partial charge in [0.15, 0.2) is 0 Å². The van der Waals surface area contributed by atoms with Gasteiger partial charge in [0.05, 0.1) is 12.1 Å². The summed E-state index contributed by atoms with van der Waals surface area (Å²) in [5.74, 6) is -0.0837. The van der Waals surface area contributed by atoms with Crippen LogP contribution in [0.3, 0.4) is 0 Å². The third kappa shape index (κ3) is 3.07. The second kappa shape index (κ2) is 5.32. The molecular weight excluding hydrogens is 214 g/mol. The molecule has 1 fully saturated rings. The largest absolute Gasteiger partial charge is 0.391 e. The highest BCUT2D eigenvalue weighted by molar-refractivity contribution is 5.94. The van der Waals surface area contributed by atoms with Crippen molar-refractivity contribution in [2.75, 3.05) is 0 Å². The monoisotopic (exact) mass is 233 g/mol. The Morgan fingerprint density at radius 2 is 2.12 bits per heavy atom. The summed E-state index contributed by atoms with van der Waals surface area (Å²) < 4.78 is 0. The molecule has 17 heavy (non-hydrogen) atoms. The third-order valence-electron chi connectivity index (χ3n) is 3.33. The van der Waals surface area contributed by atoms with E-state index in [-0.39, 0.29) is 11.9 Å². The van der Waals surface area contributed by atoms with E-state index >= 15 is 0 Å². The molecule has 2 N–H and O–H groups in total. The summed E-state index contributed by atoms with van der Waals surface area (Å²) in [6.07, 6.45) is 3.41. The molecule has 1 aliphatic carbocycles. The Bertz CT molecular complexity index is 403. The summed E-state index contributed by atoms with van der Waals surface area (Å²) in [6.45, 7) is 1.96. The first-order valence-electron chi connectivity index (χ1n) is 6.22. The zero-order valence-corrected chi connectivity index (χ0v) is 10.1. The highest BCUT2D eigenvalue weighted by Crippen LogP contribution is 2.18. The summed E-state index contributed by atoms with van der Waals surface area (Å²) in [5.41, 5.74) is 1.74. The van der Waals surface area contributed by atoms with Crippen molar-refractivity contribution in [3.8, 4) is 0 Å². The van der Waals surface area contributed by atoms with Crippen LogP contribution in [-0.4, -0.2) is 23.2 Å². The summed E-state index contributed by atoms with van der Waals surface area (Å²) in [6, 6.07) is 7.42. The van der Waals surface area contributed by atoms with E-state index < -0.39 is 6.10 Å². The highest BCUT2D eigenvalue weighted by Gasteiger charge is 2.24. The van der Waals surface area contributed by atoms with Crippen LogP contribution in [0, 0.1) is 6.92 Å². The Morgan fingerprint density at radius 1 is 1.35 bits per heavy atom. The molecule has 2 atom stereocenters. The van der Waals surface area contributed by atoms with Gasteiger partial charge in [-0.2, -0.15) is 0 Å². The van der Waals surface area contributed by atoms with Gasteiger partial charge in [0.25, 0.3) is 5.91 Å². The smallest absolute Gasteiger partial charge is 0.251 e. The van der Waals surface area contributed by atoms with Crippen molar-refractivity contribution in [1.29, 1.82) is 0 Å². The number of carbonyl (C=O) groups excluding carboxylic acids is 1. The molecule has 0 aliphatic heterocycles. The van der Waals surface area contributed by atoms with E-state index in [9.17, 15) is 9.90 Å². The number of aryl methyl sites for hydroxylation is 1. The fourth-order valence-corrected chi connectivity index (χ4v) is 2.32. The van der Waals surface area contributed by atoms with Crippen molar-refractivity contribution < 1.29 is 9.90 Å². The number of aliphatic hydroxyl groups excluding tert-OH is 1. The van der Waals surface area contributed by atoms with Crippen LogP contribution in [0.2, 0.25) is 0 Å². The molecule has 1 aliphatic rings. The van der Waals surface area contributed by atoms with Crippen LogP contribution < -0.4 is 5.32 Å². The Morgan fingerprint density at radius 3 is 2.82 bits per heavy atom. The van der Waals surface area contributed by atoms with Gasteiger partial charge in [-0.15, -0.1) is 0 Å². The molecule has 2 rings (SSSR count). The van der Waals surface area contributed by atoms with Crippen molar-refractivity contribution in [3.63, 3.8) is 0 Å². The van der Waals surface area contributed by atoms with Crippen LogP contribution in [0.15, 0.2) is 24.3 Å². The predicted molar refractivity (Wildman–Crippen MR) is 66.9 cm³/mol. The van der Waals surface area contributed by atoms with Gasteiger partial charge in [-0.3, -0.25) is 4.79 Å². The zero-order valence-electron chi connectivity index (χ0n) is 10.1. The van der Waals surface area contributed by atoms with Gasteiger partial charge in [0, 0.05) is 5.56 Å². The number of rotatable bonds is 2. The van der Waals surface area contributed by atoms with Crippen molar-refractivity contribution in [3.05, 3.63) is 35.4 Å². The molecule has 0 bridgehead atoms. The maximum absolute atomic E-state index is 12.0. The van der Waals surface area contributed by atoms with Gasteiger partial charge in [-0.25, -0.2) is 0 Å². The van der Waals surface area contributed by atoms with Crippen molar-refractivity contribution in [2.24, 2.45) is 0 Å². The fraction of sp³-hybridized carbons (Fsp3) is 0.500. The Labute approximate surface area is 102 Å². The van der Waals surface area contributed by atoms with Gasteiger partial charge in [0.1, 0.15) is 0 Å². The quantitative estimate of drug-likeness (QED) is 0.821. The van der Waals surface area contributed by atoms with E-state index in [0.29, 0.717) is 5.56 Å². The third-order valence-corrected chi connectivity index (χ3v) is 3.33. The summed E-state index contributed by atoms with van der Waals surface area (Å²) in [4.78, 5) is 12.0. The standard InChI is InChI=1S/C14H19NO2/c1-10-5-4-6-11(9-10)14(17)15-12-7-2-3-8-13(12)16/h4-6,9,12-13,16H,2-3,7-8H2,1H3,(H,15,17)/t12-,13-/m0/s1. The predicted octanol–water partition coefficient (Wildman–Crippen LogP) is 2.03. The van der Waals surface area contributed by atoms with E-state index in [1.54, 1.807) is 6.07 Å². The number of amides is 1. The number of nitrogens with one attached hydrogen (secondary N) is 1. The highest BCUT2D eigenvalue weighted by atomic mass is 16.3. The normalized spacial score (nSPS) is 24.4. The lowest BCUT2D eigenvalue weighted by Crippen LogP contribution is -2.45. The van der Waals surface area contributed by atoms with Gasteiger partial charge in [-0.1, -0.05) is 30.5 Å². The second-order valence-corrected chi connectivity index (χ2v) is 4.80. The number of benzene rings is 1. The van der Waals surface area contributed by atoms with Crippen LogP contribution in [0.25, 0.3) is 0 Å². The minimum atomic E-state index is -0.391. The van der Waals surface area contributed by atoms with E-state index in [4.69, 9.17) is 0 Å². The van der Waals surface area contributed by atoms with Crippen LogP contribution in [0.4, 0.5) is 0 Å². The summed E-state index contributed by atoms with van der Waals surface area (Å²) in [7, 11) is 0. The molecule has 0 spiro atoms. The summed E-state index contributed by atoms with van der Waals surface area (Å²) >= 11 is 0. The minimum Gasteiger partial charge on any atom is -0.391 e. The molecule has 0 unspecified atom stereocenters. The molecule has 0 saturated heterocycles. The van der Waals surface area contributed by atoms with Crippen molar-refractivity contribution >= 4 is 5.91 Å². The molecule has 3 nitrogen and oxygen atoms in total. The second-order valence-electron chi connectivity index (χ2n) is 4.80. The zero-order chi connectivity index (χ0) is 12.3. The number of aliphatic hydroxyl groups is 1. The Kier molecular flexibility index (Phi) is 3.79. The van der Waals surface area contributed by atoms with Crippen LogP contribution >= 0.6 is 0 Å². The van der Waals surface area contributed by atoms with Crippen LogP contribution in [0.1, 0.15) is 41.6 Å². The molecule has 3 heteroatoms. The van der Waals surface area contributed by atoms with E-state index in [1.165, 1.54) is 0 Å². The lowest BCUT2D eigenvalue weighted by atomic mass is 9.92. The lowest BCUT2D eigenvalue weighted by Gasteiger charge is -2.28. The molecule has 0 heterocycles. The average molecular weight is 233 g/mol. The van der Waals surface area contributed by atoms with Gasteiger partial charge >= 0.3 is 0 Å². The summed E-state index contributed by atoms with van der Waals surface area (Å²) in [5, 5.41) is 12.7. The maximum Gasteiger partial charge on any atom is 0.251 e. The first-order chi connectivity index (χ1) is 8.16. The molecular formula is C14H19NO2. The molecule has 1 aromatic carbocycles. The minimum absolute atomic E-state index is 0.0837. The molecule has 1 amide bonds. The van der Waals surface area contributed by atoms with Crippen molar-refractivity contribution in [2.45, 2.75) is 44.8 Å². The Hall–Kier alpha value is -1.35. The topological polar surface area (TPSA) is 49.3 Å². The van der Waals surface area contributed by atoms with Crippen molar-refractivity contribution in [1.82, 2.24) is 5.32 Å². The van der Waals surface area contributed by atoms with Gasteiger partial charge in [0.2, 0.25) is 0 Å². The van der Waals surface area contributed by atoms with E-state index in [2.05, 4.69) is 5.32 Å². The molecule has 92 valence electrons. The number of hydrogen-bond donors (Lipinski definition) is 2. The van der Waals surface area contributed by atoms with Gasteiger partial charge < -0.3 is 10.4 Å². The Balaban J connectivity index is 2.01. The molecule has 0 radical (unpaired) electrons.